The van der Waals surface area contributed by atoms with E-state index < -0.39 is 31.7 Å². The number of hydrogen-bond donors (Lipinski definition) is 4. The number of amides is 4. The Balaban J connectivity index is 0. The molecule has 0 spiro atoms. The molecule has 0 bridgehead atoms. The lowest BCUT2D eigenvalue weighted by Gasteiger charge is -2.20. The van der Waals surface area contributed by atoms with Gasteiger partial charge in [0.1, 0.15) is 6.04 Å². The minimum Gasteiger partial charge on any atom is -0.756 e. The van der Waals surface area contributed by atoms with Crippen molar-refractivity contribution in [2.75, 3.05) is 34.4 Å². The van der Waals surface area contributed by atoms with Crippen molar-refractivity contribution < 1.29 is 32.9 Å². The highest BCUT2D eigenvalue weighted by Gasteiger charge is 2.22. The van der Waals surface area contributed by atoms with Crippen LogP contribution in [0.2, 0.25) is 0 Å². The fourth-order valence-corrected chi connectivity index (χ4v) is 1.84. The van der Waals surface area contributed by atoms with Crippen LogP contribution in [0.1, 0.15) is 20.3 Å². The third-order valence-corrected chi connectivity index (χ3v) is 3.56. The smallest absolute Gasteiger partial charge is 0.315 e. The van der Waals surface area contributed by atoms with E-state index in [0.717, 1.165) is 7.11 Å². The molecule has 0 aliphatic rings. The quantitative estimate of drug-likeness (QED) is 0.275. The number of phosphoric acid groups is 1. The third kappa shape index (κ3) is 10.9. The predicted octanol–water partition coefficient (Wildman–Crippen LogP) is -1.31. The lowest BCUT2D eigenvalue weighted by atomic mass is 10.2. The number of carbonyl (C=O) groups is 3. The van der Waals surface area contributed by atoms with Gasteiger partial charge in [-0.1, -0.05) is 7.43 Å². The summed E-state index contributed by atoms with van der Waals surface area (Å²) in [6, 6.07) is -1.69. The Morgan fingerprint density at radius 2 is 1.83 bits per heavy atom. The van der Waals surface area contributed by atoms with E-state index in [4.69, 9.17) is 0 Å². The van der Waals surface area contributed by atoms with Gasteiger partial charge in [-0.2, -0.15) is 0 Å². The van der Waals surface area contributed by atoms with Crippen molar-refractivity contribution in [1.82, 2.24) is 21.3 Å². The summed E-state index contributed by atoms with van der Waals surface area (Å²) in [7, 11) is -0.499. The molecule has 0 saturated heterocycles. The molecular formula is C12H26N4O7P-. The molecule has 0 aromatic carbocycles. The lowest BCUT2D eigenvalue weighted by molar-refractivity contribution is -0.222. The van der Waals surface area contributed by atoms with Gasteiger partial charge in [-0.15, -0.1) is 0 Å². The van der Waals surface area contributed by atoms with Gasteiger partial charge >= 0.3 is 6.03 Å². The molecule has 11 nitrogen and oxygen atoms in total. The van der Waals surface area contributed by atoms with Crippen molar-refractivity contribution in [1.29, 1.82) is 0 Å². The van der Waals surface area contributed by atoms with E-state index in [-0.39, 0.29) is 33.4 Å². The summed E-state index contributed by atoms with van der Waals surface area (Å²) < 4.78 is 19.4. The average Bonchev–Trinajstić information content (AvgIpc) is 2.52. The number of hydrogen-bond acceptors (Lipinski definition) is 7. The molecular weight excluding hydrogens is 343 g/mol. The molecule has 4 N–H and O–H groups in total. The molecule has 2 unspecified atom stereocenters. The predicted molar refractivity (Wildman–Crippen MR) is 85.0 cm³/mol. The average molecular weight is 369 g/mol. The molecule has 0 aliphatic heterocycles. The molecule has 0 aromatic heterocycles. The second-order valence-electron chi connectivity index (χ2n) is 4.26. The minimum atomic E-state index is -4.27. The van der Waals surface area contributed by atoms with Crippen LogP contribution in [0.3, 0.4) is 0 Å². The van der Waals surface area contributed by atoms with Crippen LogP contribution in [-0.4, -0.2) is 58.2 Å². The summed E-state index contributed by atoms with van der Waals surface area (Å²) in [6.45, 7) is -0.0536. The summed E-state index contributed by atoms with van der Waals surface area (Å²) in [5.41, 5.74) is 0. The zero-order valence-electron chi connectivity index (χ0n) is 13.2. The number of likely N-dealkylation sites (N-methyl/N-ethyl adjacent to an activating group) is 1. The van der Waals surface area contributed by atoms with Crippen LogP contribution in [0.4, 0.5) is 4.79 Å². The van der Waals surface area contributed by atoms with Crippen molar-refractivity contribution in [3.05, 3.63) is 0 Å². The van der Waals surface area contributed by atoms with Crippen LogP contribution in [0, 0.1) is 0 Å². The Morgan fingerprint density at radius 1 is 1.21 bits per heavy atom. The molecule has 0 rings (SSSR count). The highest BCUT2D eigenvalue weighted by molar-refractivity contribution is 7.45. The zero-order chi connectivity index (χ0) is 17.9. The van der Waals surface area contributed by atoms with Gasteiger partial charge in [0, 0.05) is 27.7 Å². The molecule has 2 atom stereocenters. The summed E-state index contributed by atoms with van der Waals surface area (Å²) in [4.78, 5) is 45.4. The SMILES string of the molecule is C.CNC(=O)CC(NC(=O)NCCCOP(=O)([O-])OC)C(=O)NC. The summed E-state index contributed by atoms with van der Waals surface area (Å²) in [5.74, 6) is -0.919. The monoisotopic (exact) mass is 369 g/mol. The van der Waals surface area contributed by atoms with Gasteiger partial charge in [0.05, 0.1) is 13.0 Å². The van der Waals surface area contributed by atoms with Gasteiger partial charge in [0.15, 0.2) is 0 Å². The Kier molecular flexibility index (Phi) is 13.0. The van der Waals surface area contributed by atoms with E-state index >= 15 is 0 Å². The Hall–Kier alpha value is -1.68. The van der Waals surface area contributed by atoms with Gasteiger partial charge in [0.2, 0.25) is 11.8 Å². The minimum absolute atomic E-state index is 0. The molecule has 0 saturated carbocycles. The highest BCUT2D eigenvalue weighted by atomic mass is 31.2. The van der Waals surface area contributed by atoms with Gasteiger partial charge < -0.3 is 35.2 Å². The van der Waals surface area contributed by atoms with E-state index in [1.54, 1.807) is 0 Å². The first-order valence-electron chi connectivity index (χ1n) is 6.73. The van der Waals surface area contributed by atoms with E-state index in [2.05, 4.69) is 30.3 Å². The first kappa shape index (κ1) is 24.6. The Morgan fingerprint density at radius 3 is 2.33 bits per heavy atom. The van der Waals surface area contributed by atoms with Crippen molar-refractivity contribution in [3.8, 4) is 0 Å². The van der Waals surface area contributed by atoms with Crippen LogP contribution < -0.4 is 26.2 Å². The second kappa shape index (κ2) is 12.7. The molecule has 4 amide bonds. The number of phosphoric ester groups is 1. The van der Waals surface area contributed by atoms with Gasteiger partial charge in [-0.3, -0.25) is 14.2 Å². The summed E-state index contributed by atoms with van der Waals surface area (Å²) in [6.07, 6.45) is 0.00298. The lowest BCUT2D eigenvalue weighted by Crippen LogP contribution is -2.51. The first-order chi connectivity index (χ1) is 10.8. The third-order valence-electron chi connectivity index (χ3n) is 2.62. The summed E-state index contributed by atoms with van der Waals surface area (Å²) in [5, 5.41) is 9.45. The van der Waals surface area contributed by atoms with Crippen LogP contribution >= 0.6 is 7.82 Å². The number of carbonyl (C=O) groups excluding carboxylic acids is 3. The topological polar surface area (TPSA) is 158 Å². The van der Waals surface area contributed by atoms with E-state index in [1.165, 1.54) is 14.1 Å². The fourth-order valence-electron chi connectivity index (χ4n) is 1.38. The Labute approximate surface area is 141 Å². The molecule has 0 aliphatic carbocycles. The van der Waals surface area contributed by atoms with Crippen molar-refractivity contribution in [2.45, 2.75) is 26.3 Å². The number of nitrogens with one attached hydrogen (secondary N) is 4. The standard InChI is InChI=1S/C11H23N4O7P.CH4/c1-12-9(16)7-8(10(17)13-2)15-11(18)14-5-4-6-22-23(19,20)21-3;/h8H,4-7H2,1-3H3,(H,12,16)(H,13,17)(H,19,20)(H2,14,15,18);1H4/p-1. The maximum absolute atomic E-state index is 11.6. The van der Waals surface area contributed by atoms with E-state index in [0.29, 0.717) is 0 Å². The maximum Gasteiger partial charge on any atom is 0.315 e. The molecule has 12 heteroatoms. The zero-order valence-corrected chi connectivity index (χ0v) is 14.1. The van der Waals surface area contributed by atoms with Crippen LogP contribution in [-0.2, 0) is 23.2 Å². The van der Waals surface area contributed by atoms with Crippen molar-refractivity contribution in [2.24, 2.45) is 0 Å². The van der Waals surface area contributed by atoms with Crippen molar-refractivity contribution in [3.63, 3.8) is 0 Å². The van der Waals surface area contributed by atoms with E-state index in [1.807, 2.05) is 0 Å². The van der Waals surface area contributed by atoms with Gasteiger partial charge in [-0.05, 0) is 6.42 Å². The Bertz CT molecular complexity index is 461. The highest BCUT2D eigenvalue weighted by Crippen LogP contribution is 2.36. The first-order valence-corrected chi connectivity index (χ1v) is 8.19. The molecule has 142 valence electrons. The molecule has 0 aromatic rings. The van der Waals surface area contributed by atoms with Crippen molar-refractivity contribution >= 4 is 25.7 Å². The van der Waals surface area contributed by atoms with Crippen LogP contribution in [0.5, 0.6) is 0 Å². The van der Waals surface area contributed by atoms with Gasteiger partial charge in [0.25, 0.3) is 7.82 Å². The number of rotatable bonds is 10. The van der Waals surface area contributed by atoms with Crippen LogP contribution in [0.15, 0.2) is 0 Å². The second-order valence-corrected chi connectivity index (χ2v) is 5.78. The molecule has 0 fully saturated rings. The fraction of sp³-hybridized carbons (Fsp3) is 0.750. The molecule has 0 heterocycles. The molecule has 0 radical (unpaired) electrons. The van der Waals surface area contributed by atoms with E-state index in [9.17, 15) is 23.8 Å². The number of urea groups is 1. The summed E-state index contributed by atoms with van der Waals surface area (Å²) >= 11 is 0. The van der Waals surface area contributed by atoms with Gasteiger partial charge in [-0.25, -0.2) is 4.79 Å². The largest absolute Gasteiger partial charge is 0.756 e. The maximum atomic E-state index is 11.6. The normalized spacial score (nSPS) is 13.7. The molecule has 24 heavy (non-hydrogen) atoms. The van der Waals surface area contributed by atoms with Crippen LogP contribution in [0.25, 0.3) is 0 Å².